The third-order valence-corrected chi connectivity index (χ3v) is 11.2. The lowest BCUT2D eigenvalue weighted by atomic mass is 9.96. The van der Waals surface area contributed by atoms with E-state index in [1.165, 1.54) is 31.3 Å². The topological polar surface area (TPSA) is 27.7 Å². The molecule has 3 nitrogen and oxygen atoms in total. The van der Waals surface area contributed by atoms with Crippen LogP contribution in [0.15, 0.2) is 41.1 Å². The molecule has 0 aromatic heterocycles. The second-order valence-electron chi connectivity index (χ2n) is 10.9. The second-order valence-corrected chi connectivity index (χ2v) is 15.7. The Morgan fingerprint density at radius 1 is 1.00 bits per heavy atom. The standard InChI is InChI=1S/C27H44O3Si/c1-10-11-12-13-14-23-19-21(2)20-29-31(26(3,4)5,27(6,7)8)30-25(23)22-15-17-24(28-9)18-16-22/h15-18,25H,10-14,20H2,1-9H3. The summed E-state index contributed by atoms with van der Waals surface area (Å²) < 4.78 is 19.4. The third-order valence-electron chi connectivity index (χ3n) is 6.16. The summed E-state index contributed by atoms with van der Waals surface area (Å²) in [6.07, 6.45) is 5.79. The summed E-state index contributed by atoms with van der Waals surface area (Å²) in [5.41, 5.74) is 7.26. The van der Waals surface area contributed by atoms with Crippen molar-refractivity contribution in [2.24, 2.45) is 0 Å². The fourth-order valence-corrected chi connectivity index (χ4v) is 9.67. The molecule has 1 atom stereocenters. The summed E-state index contributed by atoms with van der Waals surface area (Å²) in [7, 11) is -0.981. The van der Waals surface area contributed by atoms with Gasteiger partial charge >= 0.3 is 8.56 Å². The van der Waals surface area contributed by atoms with E-state index in [4.69, 9.17) is 13.6 Å². The molecule has 174 valence electrons. The van der Waals surface area contributed by atoms with E-state index in [0.717, 1.165) is 23.3 Å². The van der Waals surface area contributed by atoms with Gasteiger partial charge in [0.25, 0.3) is 0 Å². The normalized spacial score (nSPS) is 19.8. The summed E-state index contributed by atoms with van der Waals surface area (Å²) in [5, 5.41) is -0.165. The molecular formula is C27H44O3Si. The number of rotatable bonds is 7. The summed E-state index contributed by atoms with van der Waals surface area (Å²) in [5.74, 6) is 0.862. The molecule has 4 heteroatoms. The van der Waals surface area contributed by atoms with Gasteiger partial charge in [0.15, 0.2) is 0 Å². The fraction of sp³-hybridized carbons (Fsp3) is 0.667. The fourth-order valence-electron chi connectivity index (χ4n) is 4.75. The predicted octanol–water partition coefficient (Wildman–Crippen LogP) is 8.27. The average molecular weight is 445 g/mol. The molecule has 0 radical (unpaired) electrons. The van der Waals surface area contributed by atoms with Crippen molar-refractivity contribution in [1.82, 2.24) is 0 Å². The monoisotopic (exact) mass is 444 g/mol. The zero-order valence-corrected chi connectivity index (χ0v) is 22.4. The van der Waals surface area contributed by atoms with Gasteiger partial charge in [0.2, 0.25) is 0 Å². The number of unbranched alkanes of at least 4 members (excludes halogenated alkanes) is 3. The maximum absolute atomic E-state index is 7.25. The molecule has 0 saturated carbocycles. The van der Waals surface area contributed by atoms with Crippen molar-refractivity contribution in [2.75, 3.05) is 13.7 Å². The highest BCUT2D eigenvalue weighted by molar-refractivity contribution is 6.73. The second kappa shape index (κ2) is 10.5. The smallest absolute Gasteiger partial charge is 0.350 e. The molecular weight excluding hydrogens is 400 g/mol. The summed E-state index contributed by atoms with van der Waals surface area (Å²) in [4.78, 5) is 0. The minimum Gasteiger partial charge on any atom is -0.497 e. The summed E-state index contributed by atoms with van der Waals surface area (Å²) >= 11 is 0. The van der Waals surface area contributed by atoms with E-state index in [0.29, 0.717) is 6.61 Å². The van der Waals surface area contributed by atoms with Crippen LogP contribution in [0.2, 0.25) is 10.1 Å². The predicted molar refractivity (Wildman–Crippen MR) is 133 cm³/mol. The van der Waals surface area contributed by atoms with Crippen LogP contribution >= 0.6 is 0 Å². The number of hydrogen-bond donors (Lipinski definition) is 0. The minimum atomic E-state index is -2.69. The van der Waals surface area contributed by atoms with Gasteiger partial charge in [-0.3, -0.25) is 0 Å². The lowest BCUT2D eigenvalue weighted by Crippen LogP contribution is -2.58. The largest absolute Gasteiger partial charge is 0.497 e. The van der Waals surface area contributed by atoms with Crippen LogP contribution in [0.5, 0.6) is 5.75 Å². The first kappa shape index (κ1) is 25.9. The minimum absolute atomic E-state index is 0.0824. The first-order valence-electron chi connectivity index (χ1n) is 11.9. The maximum atomic E-state index is 7.25. The van der Waals surface area contributed by atoms with Crippen LogP contribution < -0.4 is 4.74 Å². The Labute approximate surface area is 192 Å². The summed E-state index contributed by atoms with van der Waals surface area (Å²) in [6, 6.07) is 8.33. The molecule has 31 heavy (non-hydrogen) atoms. The lowest BCUT2D eigenvalue weighted by Gasteiger charge is -2.51. The number of ether oxygens (including phenoxy) is 1. The zero-order valence-electron chi connectivity index (χ0n) is 21.4. The Morgan fingerprint density at radius 2 is 1.61 bits per heavy atom. The molecule has 1 aliphatic heterocycles. The SMILES string of the molecule is CCCCCCC1=C=C(C)CO[Si](C(C)(C)C)(C(C)(C)C)OC1c1ccc(OC)cc1. The van der Waals surface area contributed by atoms with Crippen molar-refractivity contribution in [3.05, 3.63) is 46.7 Å². The van der Waals surface area contributed by atoms with E-state index < -0.39 is 8.56 Å². The van der Waals surface area contributed by atoms with Crippen LogP contribution in [0, 0.1) is 0 Å². The molecule has 1 aromatic carbocycles. The van der Waals surface area contributed by atoms with Crippen LogP contribution in [0.4, 0.5) is 0 Å². The van der Waals surface area contributed by atoms with Gasteiger partial charge in [-0.05, 0) is 43.0 Å². The van der Waals surface area contributed by atoms with Gasteiger partial charge in [-0.25, -0.2) is 0 Å². The molecule has 0 saturated heterocycles. The Hall–Kier alpha value is -1.32. The molecule has 0 bridgehead atoms. The van der Waals surface area contributed by atoms with Gasteiger partial charge in [-0.15, -0.1) is 5.73 Å². The molecule has 0 spiro atoms. The summed E-state index contributed by atoms with van der Waals surface area (Å²) in [6.45, 7) is 18.7. The Bertz CT molecular complexity index is 760. The van der Waals surface area contributed by atoms with E-state index in [1.54, 1.807) is 7.11 Å². The van der Waals surface area contributed by atoms with Crippen LogP contribution in [0.1, 0.15) is 99.2 Å². The molecule has 0 aliphatic carbocycles. The highest BCUT2D eigenvalue weighted by Crippen LogP contribution is 2.55. The quantitative estimate of drug-likeness (QED) is 0.240. The highest BCUT2D eigenvalue weighted by atomic mass is 28.4. The highest BCUT2D eigenvalue weighted by Gasteiger charge is 2.59. The molecule has 0 N–H and O–H groups in total. The molecule has 1 heterocycles. The van der Waals surface area contributed by atoms with Crippen LogP contribution in [-0.4, -0.2) is 22.3 Å². The number of hydrogen-bond acceptors (Lipinski definition) is 3. The van der Waals surface area contributed by atoms with Crippen molar-refractivity contribution in [1.29, 1.82) is 0 Å². The van der Waals surface area contributed by atoms with E-state index in [1.807, 2.05) is 12.1 Å². The van der Waals surface area contributed by atoms with Crippen molar-refractivity contribution in [3.8, 4) is 5.75 Å². The van der Waals surface area contributed by atoms with Gasteiger partial charge in [0.05, 0.1) is 13.7 Å². The van der Waals surface area contributed by atoms with Crippen LogP contribution in [0.3, 0.4) is 0 Å². The maximum Gasteiger partial charge on any atom is 0.350 e. The van der Waals surface area contributed by atoms with Crippen molar-refractivity contribution < 1.29 is 13.6 Å². The average Bonchev–Trinajstić information content (AvgIpc) is 2.67. The van der Waals surface area contributed by atoms with Gasteiger partial charge in [-0.1, -0.05) is 79.9 Å². The first-order valence-corrected chi connectivity index (χ1v) is 13.7. The molecule has 1 unspecified atom stereocenters. The lowest BCUT2D eigenvalue weighted by molar-refractivity contribution is 0.0971. The number of benzene rings is 1. The molecule has 0 fully saturated rings. The van der Waals surface area contributed by atoms with Gasteiger partial charge in [-0.2, -0.15) is 0 Å². The van der Waals surface area contributed by atoms with Gasteiger partial charge in [0, 0.05) is 15.6 Å². The number of methoxy groups -OCH3 is 1. The van der Waals surface area contributed by atoms with E-state index in [-0.39, 0.29) is 16.2 Å². The van der Waals surface area contributed by atoms with Crippen molar-refractivity contribution in [2.45, 2.75) is 104 Å². The van der Waals surface area contributed by atoms with E-state index >= 15 is 0 Å². The van der Waals surface area contributed by atoms with E-state index in [9.17, 15) is 0 Å². The Morgan fingerprint density at radius 3 is 2.13 bits per heavy atom. The van der Waals surface area contributed by atoms with Gasteiger partial charge < -0.3 is 13.6 Å². The van der Waals surface area contributed by atoms with E-state index in [2.05, 4.69) is 73.3 Å². The molecule has 1 aliphatic rings. The Balaban J connectivity index is 2.60. The molecule has 1 aromatic rings. The third kappa shape index (κ3) is 6.13. The van der Waals surface area contributed by atoms with Crippen LogP contribution in [0.25, 0.3) is 0 Å². The zero-order chi connectivity index (χ0) is 23.3. The molecule has 2 rings (SSSR count). The van der Waals surface area contributed by atoms with Gasteiger partial charge in [0.1, 0.15) is 11.9 Å². The Kier molecular flexibility index (Phi) is 8.81. The van der Waals surface area contributed by atoms with Crippen molar-refractivity contribution >= 4 is 8.56 Å². The first-order chi connectivity index (χ1) is 14.4. The van der Waals surface area contributed by atoms with Crippen molar-refractivity contribution in [3.63, 3.8) is 0 Å². The molecule has 0 amide bonds. The van der Waals surface area contributed by atoms with Crippen LogP contribution in [-0.2, 0) is 8.85 Å².